The van der Waals surface area contributed by atoms with Gasteiger partial charge < -0.3 is 10.4 Å². The number of hydrogen-bond acceptors (Lipinski definition) is 2. The molecular formula is C16H21NO2. The van der Waals surface area contributed by atoms with Crippen molar-refractivity contribution < 1.29 is 9.90 Å². The molecular weight excluding hydrogens is 238 g/mol. The van der Waals surface area contributed by atoms with Crippen molar-refractivity contribution in [3.63, 3.8) is 0 Å². The first kappa shape index (κ1) is 12.5. The highest BCUT2D eigenvalue weighted by Gasteiger charge is 2.54. The number of benzene rings is 1. The minimum atomic E-state index is 0.171. The van der Waals surface area contributed by atoms with Crippen LogP contribution in [-0.2, 0) is 4.79 Å². The summed E-state index contributed by atoms with van der Waals surface area (Å²) in [5.74, 6) is 1.95. The van der Waals surface area contributed by atoms with Gasteiger partial charge in [0.1, 0.15) is 5.75 Å². The lowest BCUT2D eigenvalue weighted by Gasteiger charge is -2.10. The smallest absolute Gasteiger partial charge is 0.228 e. The fourth-order valence-electron chi connectivity index (χ4n) is 3.53. The standard InChI is InChI=1S/C16H21NO2/c1-9-8-14(18)10(2)7-13(9)17-16(19)15-11-5-3-4-6-12(11)15/h7-8,11-12,15,18H,3-6H2,1-2H3,(H,17,19). The van der Waals surface area contributed by atoms with Gasteiger partial charge in [-0.1, -0.05) is 12.8 Å². The number of anilines is 1. The molecule has 2 unspecified atom stereocenters. The Bertz CT molecular complexity index is 512. The van der Waals surface area contributed by atoms with Crippen LogP contribution in [0.4, 0.5) is 5.69 Å². The van der Waals surface area contributed by atoms with Gasteiger partial charge in [-0.05, 0) is 61.8 Å². The molecule has 2 saturated carbocycles. The van der Waals surface area contributed by atoms with E-state index in [0.29, 0.717) is 11.8 Å². The number of rotatable bonds is 2. The Morgan fingerprint density at radius 1 is 1.16 bits per heavy atom. The molecule has 2 fully saturated rings. The molecule has 1 aromatic carbocycles. The molecule has 0 bridgehead atoms. The van der Waals surface area contributed by atoms with Crippen molar-refractivity contribution in [3.05, 3.63) is 23.3 Å². The summed E-state index contributed by atoms with van der Waals surface area (Å²) in [5, 5.41) is 12.7. The third-order valence-electron chi connectivity index (χ3n) is 4.76. The van der Waals surface area contributed by atoms with Gasteiger partial charge in [-0.3, -0.25) is 4.79 Å². The summed E-state index contributed by atoms with van der Waals surface area (Å²) in [4.78, 5) is 12.3. The van der Waals surface area contributed by atoms with Crippen LogP contribution in [-0.4, -0.2) is 11.0 Å². The molecule has 1 amide bonds. The highest BCUT2D eigenvalue weighted by Crippen LogP contribution is 2.55. The predicted molar refractivity (Wildman–Crippen MR) is 75.1 cm³/mol. The Kier molecular flexibility index (Phi) is 3.00. The minimum Gasteiger partial charge on any atom is -0.508 e. The van der Waals surface area contributed by atoms with Crippen LogP contribution in [0.3, 0.4) is 0 Å². The van der Waals surface area contributed by atoms with Gasteiger partial charge in [0, 0.05) is 11.6 Å². The summed E-state index contributed by atoms with van der Waals surface area (Å²) < 4.78 is 0. The Morgan fingerprint density at radius 3 is 2.42 bits per heavy atom. The van der Waals surface area contributed by atoms with Crippen molar-refractivity contribution in [1.29, 1.82) is 0 Å². The van der Waals surface area contributed by atoms with E-state index in [0.717, 1.165) is 16.8 Å². The lowest BCUT2D eigenvalue weighted by Crippen LogP contribution is -2.16. The third-order valence-corrected chi connectivity index (χ3v) is 4.76. The third kappa shape index (κ3) is 2.22. The molecule has 1 aromatic rings. The van der Waals surface area contributed by atoms with Gasteiger partial charge in [0.05, 0.1) is 0 Å². The number of phenols is 1. The van der Waals surface area contributed by atoms with Gasteiger partial charge in [-0.15, -0.1) is 0 Å². The molecule has 0 heterocycles. The number of aryl methyl sites for hydroxylation is 2. The van der Waals surface area contributed by atoms with Crippen molar-refractivity contribution >= 4 is 11.6 Å². The average molecular weight is 259 g/mol. The predicted octanol–water partition coefficient (Wildman–Crippen LogP) is 3.38. The molecule has 3 nitrogen and oxygen atoms in total. The largest absolute Gasteiger partial charge is 0.508 e. The summed E-state index contributed by atoms with van der Waals surface area (Å²) in [6.45, 7) is 3.76. The quantitative estimate of drug-likeness (QED) is 0.800. The van der Waals surface area contributed by atoms with E-state index in [4.69, 9.17) is 0 Å². The van der Waals surface area contributed by atoms with E-state index in [9.17, 15) is 9.90 Å². The van der Waals surface area contributed by atoms with E-state index in [2.05, 4.69) is 5.32 Å². The molecule has 19 heavy (non-hydrogen) atoms. The first-order chi connectivity index (χ1) is 9.08. The van der Waals surface area contributed by atoms with E-state index < -0.39 is 0 Å². The number of phenolic OH excluding ortho intramolecular Hbond substituents is 1. The highest BCUT2D eigenvalue weighted by molar-refractivity contribution is 5.95. The molecule has 0 aliphatic heterocycles. The number of nitrogens with one attached hydrogen (secondary N) is 1. The fraction of sp³-hybridized carbons (Fsp3) is 0.562. The Labute approximate surface area is 114 Å². The maximum absolute atomic E-state index is 12.3. The highest BCUT2D eigenvalue weighted by atomic mass is 16.3. The fourth-order valence-corrected chi connectivity index (χ4v) is 3.53. The second kappa shape index (κ2) is 4.55. The lowest BCUT2D eigenvalue weighted by molar-refractivity contribution is -0.117. The van der Waals surface area contributed by atoms with Gasteiger partial charge in [0.15, 0.2) is 0 Å². The van der Waals surface area contributed by atoms with Crippen LogP contribution in [0.5, 0.6) is 5.75 Å². The van der Waals surface area contributed by atoms with Crippen LogP contribution in [0.1, 0.15) is 36.8 Å². The van der Waals surface area contributed by atoms with Crippen LogP contribution in [0.2, 0.25) is 0 Å². The van der Waals surface area contributed by atoms with Gasteiger partial charge >= 0.3 is 0 Å². The first-order valence-electron chi connectivity index (χ1n) is 7.19. The zero-order chi connectivity index (χ0) is 13.6. The van der Waals surface area contributed by atoms with E-state index in [1.165, 1.54) is 25.7 Å². The van der Waals surface area contributed by atoms with E-state index in [1.54, 1.807) is 6.07 Å². The van der Waals surface area contributed by atoms with Crippen LogP contribution < -0.4 is 5.32 Å². The molecule has 3 heteroatoms. The Hall–Kier alpha value is -1.51. The molecule has 0 saturated heterocycles. The molecule has 3 rings (SSSR count). The minimum absolute atomic E-state index is 0.171. The van der Waals surface area contributed by atoms with Gasteiger partial charge in [-0.25, -0.2) is 0 Å². The Morgan fingerprint density at radius 2 is 1.79 bits per heavy atom. The van der Waals surface area contributed by atoms with Crippen LogP contribution in [0.25, 0.3) is 0 Å². The summed E-state index contributed by atoms with van der Waals surface area (Å²) in [7, 11) is 0. The number of carbonyl (C=O) groups is 1. The second-order valence-corrected chi connectivity index (χ2v) is 6.08. The monoisotopic (exact) mass is 259 g/mol. The van der Waals surface area contributed by atoms with Gasteiger partial charge in [-0.2, -0.15) is 0 Å². The van der Waals surface area contributed by atoms with Crippen LogP contribution in [0, 0.1) is 31.6 Å². The van der Waals surface area contributed by atoms with Crippen molar-refractivity contribution in [2.24, 2.45) is 17.8 Å². The number of fused-ring (bicyclic) bond motifs is 1. The van der Waals surface area contributed by atoms with Gasteiger partial charge in [0.2, 0.25) is 5.91 Å². The summed E-state index contributed by atoms with van der Waals surface area (Å²) in [5.41, 5.74) is 2.55. The number of amides is 1. The van der Waals surface area contributed by atoms with E-state index in [-0.39, 0.29) is 17.6 Å². The molecule has 2 N–H and O–H groups in total. The molecule has 2 aliphatic rings. The maximum atomic E-state index is 12.3. The summed E-state index contributed by atoms with van der Waals surface area (Å²) in [6.07, 6.45) is 5.00. The number of carbonyl (C=O) groups excluding carboxylic acids is 1. The maximum Gasteiger partial charge on any atom is 0.228 e. The van der Waals surface area contributed by atoms with Crippen molar-refractivity contribution in [3.8, 4) is 5.75 Å². The molecule has 0 radical (unpaired) electrons. The first-order valence-corrected chi connectivity index (χ1v) is 7.19. The van der Waals surface area contributed by atoms with Crippen molar-refractivity contribution in [2.75, 3.05) is 5.32 Å². The SMILES string of the molecule is Cc1cc(NC(=O)C2C3CCCCC32)c(C)cc1O. The molecule has 102 valence electrons. The second-order valence-electron chi connectivity index (χ2n) is 6.08. The van der Waals surface area contributed by atoms with Crippen LogP contribution in [0.15, 0.2) is 12.1 Å². The van der Waals surface area contributed by atoms with E-state index in [1.807, 2.05) is 19.9 Å². The normalized spacial score (nSPS) is 28.6. The zero-order valence-corrected chi connectivity index (χ0v) is 11.6. The topological polar surface area (TPSA) is 49.3 Å². The van der Waals surface area contributed by atoms with Crippen LogP contribution >= 0.6 is 0 Å². The molecule has 0 spiro atoms. The Balaban J connectivity index is 1.72. The van der Waals surface area contributed by atoms with E-state index >= 15 is 0 Å². The number of hydrogen-bond donors (Lipinski definition) is 2. The summed E-state index contributed by atoms with van der Waals surface area (Å²) in [6, 6.07) is 3.57. The zero-order valence-electron chi connectivity index (χ0n) is 11.6. The number of aromatic hydroxyl groups is 1. The summed E-state index contributed by atoms with van der Waals surface area (Å²) >= 11 is 0. The molecule has 0 aromatic heterocycles. The lowest BCUT2D eigenvalue weighted by atomic mass is 10.0. The van der Waals surface area contributed by atoms with Gasteiger partial charge in [0.25, 0.3) is 0 Å². The average Bonchev–Trinajstić information content (AvgIpc) is 3.10. The van der Waals surface area contributed by atoms with Crippen molar-refractivity contribution in [2.45, 2.75) is 39.5 Å². The van der Waals surface area contributed by atoms with Crippen molar-refractivity contribution in [1.82, 2.24) is 0 Å². The molecule has 2 atom stereocenters. The molecule has 2 aliphatic carbocycles.